The molecule has 25 heavy (non-hydrogen) atoms. The summed E-state index contributed by atoms with van der Waals surface area (Å²) in [5, 5.41) is 17.5. The number of amides is 1. The van der Waals surface area contributed by atoms with Crippen LogP contribution in [0.4, 0.5) is 0 Å². The monoisotopic (exact) mass is 344 g/mol. The summed E-state index contributed by atoms with van der Waals surface area (Å²) in [6.45, 7) is 3.25. The molecule has 8 heteroatoms. The fourth-order valence-electron chi connectivity index (χ4n) is 3.38. The second kappa shape index (κ2) is 7.69. The molecule has 0 unspecified atom stereocenters. The van der Waals surface area contributed by atoms with Crippen molar-refractivity contribution >= 4 is 5.91 Å². The third-order valence-electron chi connectivity index (χ3n) is 4.73. The zero-order valence-corrected chi connectivity index (χ0v) is 14.7. The van der Waals surface area contributed by atoms with Crippen LogP contribution in [0.25, 0.3) is 0 Å². The van der Waals surface area contributed by atoms with Crippen molar-refractivity contribution in [2.75, 3.05) is 13.1 Å². The van der Waals surface area contributed by atoms with Crippen molar-refractivity contribution in [2.24, 2.45) is 7.05 Å². The van der Waals surface area contributed by atoms with E-state index < -0.39 is 0 Å². The molecule has 3 rings (SSSR count). The molecule has 8 nitrogen and oxygen atoms in total. The van der Waals surface area contributed by atoms with E-state index in [0.717, 1.165) is 43.7 Å². The highest BCUT2D eigenvalue weighted by Gasteiger charge is 2.29. The molecule has 134 valence electrons. The highest BCUT2D eigenvalue weighted by molar-refractivity contribution is 5.95. The van der Waals surface area contributed by atoms with Crippen molar-refractivity contribution in [3.05, 3.63) is 35.4 Å². The van der Waals surface area contributed by atoms with E-state index in [4.69, 9.17) is 0 Å². The molecule has 2 aromatic rings. The van der Waals surface area contributed by atoms with Gasteiger partial charge in [0.2, 0.25) is 0 Å². The lowest BCUT2D eigenvalue weighted by molar-refractivity contribution is 0.0701. The molecule has 0 aromatic carbocycles. The van der Waals surface area contributed by atoms with Gasteiger partial charge in [0.1, 0.15) is 18.8 Å². The van der Waals surface area contributed by atoms with Gasteiger partial charge >= 0.3 is 0 Å². The molecular formula is C17H24N6O2. The van der Waals surface area contributed by atoms with Gasteiger partial charge in [0.05, 0.1) is 11.3 Å². The normalized spacial score (nSPS) is 17.7. The summed E-state index contributed by atoms with van der Waals surface area (Å²) >= 11 is 0. The summed E-state index contributed by atoms with van der Waals surface area (Å²) in [4.78, 5) is 23.2. The molecular weight excluding hydrogens is 320 g/mol. The predicted molar refractivity (Wildman–Crippen MR) is 90.8 cm³/mol. The number of piperidine rings is 1. The molecule has 0 spiro atoms. The Morgan fingerprint density at radius 2 is 2.24 bits per heavy atom. The number of likely N-dealkylation sites (tertiary alicyclic amines) is 1. The number of carbonyl (C=O) groups is 1. The van der Waals surface area contributed by atoms with E-state index in [0.29, 0.717) is 17.9 Å². The fraction of sp³-hybridized carbons (Fsp3) is 0.588. The second-order valence-electron chi connectivity index (χ2n) is 6.41. The maximum atomic E-state index is 13.0. The van der Waals surface area contributed by atoms with Gasteiger partial charge in [-0.2, -0.15) is 0 Å². The molecule has 0 radical (unpaired) electrons. The topological polar surface area (TPSA) is 97.0 Å². The van der Waals surface area contributed by atoms with Gasteiger partial charge in [0, 0.05) is 32.3 Å². The van der Waals surface area contributed by atoms with Gasteiger partial charge in [0.25, 0.3) is 5.91 Å². The van der Waals surface area contributed by atoms with E-state index in [1.54, 1.807) is 6.20 Å². The zero-order chi connectivity index (χ0) is 17.8. The van der Waals surface area contributed by atoms with Gasteiger partial charge in [-0.1, -0.05) is 13.3 Å². The number of carbonyl (C=O) groups excluding carboxylic acids is 1. The third kappa shape index (κ3) is 3.53. The van der Waals surface area contributed by atoms with Crippen LogP contribution in [0.1, 0.15) is 59.8 Å². The maximum Gasteiger partial charge on any atom is 0.257 e. The molecule has 1 saturated heterocycles. The maximum absolute atomic E-state index is 13.0. The van der Waals surface area contributed by atoms with E-state index >= 15 is 0 Å². The van der Waals surface area contributed by atoms with Gasteiger partial charge in [-0.05, 0) is 19.3 Å². The lowest BCUT2D eigenvalue weighted by atomic mass is 9.96. The summed E-state index contributed by atoms with van der Waals surface area (Å²) < 4.78 is 1.83. The van der Waals surface area contributed by atoms with E-state index in [1.807, 2.05) is 16.5 Å². The van der Waals surface area contributed by atoms with Gasteiger partial charge in [0.15, 0.2) is 5.82 Å². The summed E-state index contributed by atoms with van der Waals surface area (Å²) in [5.41, 5.74) is 1.41. The first kappa shape index (κ1) is 17.5. The summed E-state index contributed by atoms with van der Waals surface area (Å²) in [7, 11) is 1.85. The van der Waals surface area contributed by atoms with Crippen molar-refractivity contribution in [3.63, 3.8) is 0 Å². The first-order valence-electron chi connectivity index (χ1n) is 8.72. The number of aliphatic hydroxyl groups is 1. The molecule has 1 fully saturated rings. The number of hydrogen-bond acceptors (Lipinski definition) is 6. The van der Waals surface area contributed by atoms with Gasteiger partial charge in [-0.15, -0.1) is 10.2 Å². The van der Waals surface area contributed by atoms with Gasteiger partial charge < -0.3 is 14.6 Å². The molecule has 0 bridgehead atoms. The molecule has 1 amide bonds. The Balaban J connectivity index is 1.79. The molecule has 1 aliphatic heterocycles. The zero-order valence-electron chi connectivity index (χ0n) is 14.7. The van der Waals surface area contributed by atoms with Gasteiger partial charge in [-0.3, -0.25) is 4.79 Å². The molecule has 2 aromatic heterocycles. The molecule has 1 N–H and O–H groups in total. The first-order valence-corrected chi connectivity index (χ1v) is 8.72. The number of hydrogen-bond donors (Lipinski definition) is 1. The van der Waals surface area contributed by atoms with Crippen molar-refractivity contribution in [1.82, 2.24) is 29.6 Å². The molecule has 3 heterocycles. The van der Waals surface area contributed by atoms with Crippen LogP contribution in [0.3, 0.4) is 0 Å². The summed E-state index contributed by atoms with van der Waals surface area (Å²) in [6.07, 6.45) is 6.68. The van der Waals surface area contributed by atoms with Crippen molar-refractivity contribution < 1.29 is 9.90 Å². The Morgan fingerprint density at radius 3 is 2.96 bits per heavy atom. The molecule has 0 saturated carbocycles. The van der Waals surface area contributed by atoms with Crippen LogP contribution in [0.15, 0.2) is 12.5 Å². The van der Waals surface area contributed by atoms with E-state index in [-0.39, 0.29) is 18.4 Å². The second-order valence-corrected chi connectivity index (χ2v) is 6.41. The lowest BCUT2D eigenvalue weighted by Crippen LogP contribution is -2.40. The minimum atomic E-state index is -0.138. The number of nitrogens with zero attached hydrogens (tertiary/aromatic N) is 6. The SMILES string of the molecule is CCCc1ncncc1C(=O)N1CCC[C@H](c2nnc(CO)n2C)C1. The van der Waals surface area contributed by atoms with Crippen molar-refractivity contribution in [2.45, 2.75) is 45.1 Å². The number of aryl methyl sites for hydroxylation is 1. The Hall–Kier alpha value is -2.35. The lowest BCUT2D eigenvalue weighted by Gasteiger charge is -2.32. The van der Waals surface area contributed by atoms with Crippen molar-refractivity contribution in [1.29, 1.82) is 0 Å². The van der Waals surface area contributed by atoms with Crippen LogP contribution in [-0.4, -0.2) is 53.7 Å². The summed E-state index contributed by atoms with van der Waals surface area (Å²) in [6, 6.07) is 0. The number of aliphatic hydroxyl groups excluding tert-OH is 1. The van der Waals surface area contributed by atoms with Crippen molar-refractivity contribution in [3.8, 4) is 0 Å². The van der Waals surface area contributed by atoms with E-state index in [1.165, 1.54) is 6.33 Å². The Morgan fingerprint density at radius 1 is 1.40 bits per heavy atom. The third-order valence-corrected chi connectivity index (χ3v) is 4.73. The standard InChI is InChI=1S/C17H24N6O2/c1-3-5-14-13(8-18-11-19-14)17(25)23-7-4-6-12(9-23)16-21-20-15(10-24)22(16)2/h8,11-12,24H,3-7,9-10H2,1-2H3/t12-/m0/s1. The van der Waals surface area contributed by atoms with E-state index in [2.05, 4.69) is 27.1 Å². The minimum absolute atomic E-state index is 0.0155. The predicted octanol–water partition coefficient (Wildman–Crippen LogP) is 1.07. The van der Waals surface area contributed by atoms with E-state index in [9.17, 15) is 9.90 Å². The Kier molecular flexibility index (Phi) is 5.37. The Bertz CT molecular complexity index is 744. The van der Waals surface area contributed by atoms with Crippen LogP contribution >= 0.6 is 0 Å². The van der Waals surface area contributed by atoms with Crippen LogP contribution < -0.4 is 0 Å². The first-order chi connectivity index (χ1) is 12.2. The number of rotatable bonds is 5. The average Bonchev–Trinajstić information content (AvgIpc) is 3.02. The average molecular weight is 344 g/mol. The number of aromatic nitrogens is 5. The fourth-order valence-corrected chi connectivity index (χ4v) is 3.38. The quantitative estimate of drug-likeness (QED) is 0.871. The molecule has 1 aliphatic rings. The minimum Gasteiger partial charge on any atom is -0.388 e. The summed E-state index contributed by atoms with van der Waals surface area (Å²) in [5.74, 6) is 1.47. The van der Waals surface area contributed by atoms with Crippen LogP contribution in [0, 0.1) is 0 Å². The highest BCUT2D eigenvalue weighted by atomic mass is 16.3. The Labute approximate surface area is 146 Å². The van der Waals surface area contributed by atoms with Gasteiger partial charge in [-0.25, -0.2) is 9.97 Å². The van der Waals surface area contributed by atoms with Crippen LogP contribution in [0.2, 0.25) is 0 Å². The van der Waals surface area contributed by atoms with Crippen LogP contribution in [-0.2, 0) is 20.1 Å². The smallest absolute Gasteiger partial charge is 0.257 e. The largest absolute Gasteiger partial charge is 0.388 e. The van der Waals surface area contributed by atoms with Crippen LogP contribution in [0.5, 0.6) is 0 Å². The molecule has 1 atom stereocenters. The highest BCUT2D eigenvalue weighted by Crippen LogP contribution is 2.27. The molecule has 0 aliphatic carbocycles.